The molecule has 1 aliphatic carbocycles. The number of carbonyl (C=O) groups excluding carboxylic acids is 1. The second-order valence-electron chi connectivity index (χ2n) is 8.34. The third-order valence-electron chi connectivity index (χ3n) is 5.60. The first-order valence-electron chi connectivity index (χ1n) is 10.3. The number of amides is 1. The lowest BCUT2D eigenvalue weighted by molar-refractivity contribution is -0.117. The number of carbonyl (C=O) groups is 1. The van der Waals surface area contributed by atoms with Crippen LogP contribution in [0.3, 0.4) is 0 Å². The summed E-state index contributed by atoms with van der Waals surface area (Å²) in [5.41, 5.74) is 1.16. The SMILES string of the molecule is C=NN(/N=C\C)c1ncc(NC(=O)C2CC(C)(C)c3c2cnc2cc(C(F)F)nn32)cc1C#N. The van der Waals surface area contributed by atoms with Gasteiger partial charge in [0.25, 0.3) is 6.43 Å². The molecular weight excluding hydrogens is 444 g/mol. The molecule has 1 amide bonds. The number of hydrogen-bond acceptors (Lipinski definition) is 8. The molecule has 3 heterocycles. The normalized spacial score (nSPS) is 16.6. The molecule has 3 aromatic rings. The highest BCUT2D eigenvalue weighted by Crippen LogP contribution is 2.46. The number of hydrazone groups is 2. The Morgan fingerprint density at radius 1 is 1.41 bits per heavy atom. The molecule has 0 aromatic carbocycles. The molecule has 3 aromatic heterocycles. The number of nitrogens with one attached hydrogen (secondary N) is 1. The number of fused-ring (bicyclic) bond motifs is 3. The molecule has 0 radical (unpaired) electrons. The molecule has 0 spiro atoms. The molecule has 174 valence electrons. The number of nitrogens with zero attached hydrogens (tertiary/aromatic N) is 8. The molecule has 1 unspecified atom stereocenters. The molecule has 1 atom stereocenters. The first-order valence-corrected chi connectivity index (χ1v) is 10.3. The van der Waals surface area contributed by atoms with Crippen LogP contribution in [-0.4, -0.2) is 38.4 Å². The molecule has 0 saturated carbocycles. The summed E-state index contributed by atoms with van der Waals surface area (Å²) < 4.78 is 27.8. The number of pyridine rings is 1. The fraction of sp³-hybridized carbons (Fsp3) is 0.318. The van der Waals surface area contributed by atoms with Gasteiger partial charge in [0.2, 0.25) is 5.91 Å². The Labute approximate surface area is 193 Å². The van der Waals surface area contributed by atoms with Crippen molar-refractivity contribution in [2.45, 2.75) is 45.0 Å². The van der Waals surface area contributed by atoms with Crippen LogP contribution < -0.4 is 10.4 Å². The minimum Gasteiger partial charge on any atom is -0.324 e. The smallest absolute Gasteiger partial charge is 0.282 e. The number of anilines is 2. The highest BCUT2D eigenvalue weighted by atomic mass is 19.3. The molecule has 12 heteroatoms. The average Bonchev–Trinajstić information content (AvgIpc) is 3.36. The van der Waals surface area contributed by atoms with Crippen LogP contribution in [0.5, 0.6) is 0 Å². The van der Waals surface area contributed by atoms with E-state index in [9.17, 15) is 18.8 Å². The Kier molecular flexibility index (Phi) is 5.78. The average molecular weight is 465 g/mol. The monoisotopic (exact) mass is 465 g/mol. The number of nitriles is 1. The van der Waals surface area contributed by atoms with E-state index >= 15 is 0 Å². The van der Waals surface area contributed by atoms with E-state index in [-0.39, 0.29) is 23.0 Å². The van der Waals surface area contributed by atoms with Crippen LogP contribution in [0.25, 0.3) is 5.65 Å². The topological polar surface area (TPSA) is 124 Å². The fourth-order valence-corrected chi connectivity index (χ4v) is 4.22. The van der Waals surface area contributed by atoms with Crippen molar-refractivity contribution in [1.82, 2.24) is 19.6 Å². The maximum absolute atomic E-state index is 13.2. The molecule has 0 aliphatic heterocycles. The summed E-state index contributed by atoms with van der Waals surface area (Å²) in [6.45, 7) is 8.95. The summed E-state index contributed by atoms with van der Waals surface area (Å²) in [4.78, 5) is 21.7. The predicted octanol–water partition coefficient (Wildman–Crippen LogP) is 3.76. The van der Waals surface area contributed by atoms with E-state index in [1.807, 2.05) is 19.9 Å². The van der Waals surface area contributed by atoms with E-state index in [2.05, 4.69) is 37.3 Å². The summed E-state index contributed by atoms with van der Waals surface area (Å²) >= 11 is 0. The molecule has 1 aliphatic rings. The van der Waals surface area contributed by atoms with Crippen LogP contribution in [-0.2, 0) is 10.2 Å². The Morgan fingerprint density at radius 3 is 2.82 bits per heavy atom. The van der Waals surface area contributed by atoms with Gasteiger partial charge in [-0.2, -0.15) is 20.6 Å². The number of rotatable bonds is 6. The molecule has 1 N–H and O–H groups in total. The third kappa shape index (κ3) is 3.85. The van der Waals surface area contributed by atoms with Gasteiger partial charge in [-0.05, 0) is 19.4 Å². The van der Waals surface area contributed by atoms with Crippen molar-refractivity contribution in [3.63, 3.8) is 0 Å². The van der Waals surface area contributed by atoms with Crippen molar-refractivity contribution in [2.24, 2.45) is 10.2 Å². The lowest BCUT2D eigenvalue weighted by Crippen LogP contribution is -2.22. The number of hydrogen-bond donors (Lipinski definition) is 1. The van der Waals surface area contributed by atoms with Crippen LogP contribution in [0.1, 0.15) is 62.1 Å². The minimum atomic E-state index is -2.72. The van der Waals surface area contributed by atoms with Gasteiger partial charge in [0, 0.05) is 36.2 Å². The van der Waals surface area contributed by atoms with E-state index in [4.69, 9.17) is 0 Å². The van der Waals surface area contributed by atoms with Crippen LogP contribution in [0, 0.1) is 11.3 Å². The zero-order chi connectivity index (χ0) is 24.6. The van der Waals surface area contributed by atoms with Crippen LogP contribution in [0.4, 0.5) is 20.3 Å². The molecule has 10 nitrogen and oxygen atoms in total. The molecule has 34 heavy (non-hydrogen) atoms. The van der Waals surface area contributed by atoms with Crippen molar-refractivity contribution >= 4 is 36.0 Å². The van der Waals surface area contributed by atoms with Gasteiger partial charge in [-0.15, -0.1) is 5.12 Å². The van der Waals surface area contributed by atoms with Crippen molar-refractivity contribution in [3.8, 4) is 6.07 Å². The van der Waals surface area contributed by atoms with Crippen molar-refractivity contribution in [1.29, 1.82) is 5.26 Å². The minimum absolute atomic E-state index is 0.141. The zero-order valence-electron chi connectivity index (χ0n) is 18.7. The van der Waals surface area contributed by atoms with E-state index in [0.717, 1.165) is 5.12 Å². The van der Waals surface area contributed by atoms with E-state index in [1.54, 1.807) is 13.1 Å². The Balaban J connectivity index is 1.66. The Hall–Kier alpha value is -4.27. The summed E-state index contributed by atoms with van der Waals surface area (Å²) in [5.74, 6) is -0.763. The first-order chi connectivity index (χ1) is 16.2. The van der Waals surface area contributed by atoms with Crippen molar-refractivity contribution in [3.05, 3.63) is 47.0 Å². The second-order valence-corrected chi connectivity index (χ2v) is 8.34. The molecular formula is C22H21F2N9O. The van der Waals surface area contributed by atoms with Crippen LogP contribution in [0.2, 0.25) is 0 Å². The molecule has 4 rings (SSSR count). The van der Waals surface area contributed by atoms with Gasteiger partial charge < -0.3 is 5.32 Å². The maximum Gasteiger partial charge on any atom is 0.282 e. The highest BCUT2D eigenvalue weighted by molar-refractivity contribution is 5.97. The third-order valence-corrected chi connectivity index (χ3v) is 5.60. The summed E-state index contributed by atoms with van der Waals surface area (Å²) in [5, 5.41) is 25.1. The van der Waals surface area contributed by atoms with Gasteiger partial charge in [0.1, 0.15) is 17.3 Å². The van der Waals surface area contributed by atoms with Gasteiger partial charge in [-0.25, -0.2) is 23.3 Å². The Bertz CT molecular complexity index is 1360. The lowest BCUT2D eigenvalue weighted by Gasteiger charge is -2.19. The quantitative estimate of drug-likeness (QED) is 0.437. The summed E-state index contributed by atoms with van der Waals surface area (Å²) in [6, 6.07) is 4.72. The number of aromatic nitrogens is 4. The van der Waals surface area contributed by atoms with Crippen molar-refractivity contribution in [2.75, 3.05) is 10.4 Å². The Morgan fingerprint density at radius 2 is 2.18 bits per heavy atom. The summed E-state index contributed by atoms with van der Waals surface area (Å²) in [6.07, 6.45) is 2.11. The van der Waals surface area contributed by atoms with Gasteiger partial charge in [0.15, 0.2) is 11.5 Å². The van der Waals surface area contributed by atoms with Gasteiger partial charge >= 0.3 is 0 Å². The molecule has 0 saturated heterocycles. The first kappa shape index (κ1) is 22.9. The predicted molar refractivity (Wildman–Crippen MR) is 122 cm³/mol. The fourth-order valence-electron chi connectivity index (χ4n) is 4.22. The van der Waals surface area contributed by atoms with Crippen LogP contribution in [0.15, 0.2) is 34.7 Å². The molecule has 0 bridgehead atoms. The summed E-state index contributed by atoms with van der Waals surface area (Å²) in [7, 11) is 0. The van der Waals surface area contributed by atoms with E-state index < -0.39 is 17.8 Å². The lowest BCUT2D eigenvalue weighted by atomic mass is 9.88. The second kappa shape index (κ2) is 8.58. The molecule has 0 fully saturated rings. The maximum atomic E-state index is 13.2. The van der Waals surface area contributed by atoms with E-state index in [0.29, 0.717) is 29.0 Å². The van der Waals surface area contributed by atoms with Crippen LogP contribution >= 0.6 is 0 Å². The van der Waals surface area contributed by atoms with Crippen molar-refractivity contribution < 1.29 is 13.6 Å². The van der Waals surface area contributed by atoms with Gasteiger partial charge in [-0.1, -0.05) is 13.8 Å². The van der Waals surface area contributed by atoms with Gasteiger partial charge in [0.05, 0.1) is 23.5 Å². The highest BCUT2D eigenvalue weighted by Gasteiger charge is 2.43. The number of alkyl halides is 2. The largest absolute Gasteiger partial charge is 0.324 e. The number of halogens is 2. The van der Waals surface area contributed by atoms with E-state index in [1.165, 1.54) is 29.1 Å². The van der Waals surface area contributed by atoms with Gasteiger partial charge in [-0.3, -0.25) is 4.79 Å². The standard InChI is InChI=1S/C22H21F2N9O/c1-5-29-33(26-4)20-12(9-25)6-13(10-28-20)30-21(34)14-8-22(2,3)18-15(14)11-27-17-7-16(19(23)24)31-32(17)18/h5-7,10-11,14,19H,4,8H2,1-3H3,(H,30,34)/b29-5-. The zero-order valence-corrected chi connectivity index (χ0v) is 18.7.